The van der Waals surface area contributed by atoms with Crippen LogP contribution in [0, 0.1) is 11.8 Å². The van der Waals surface area contributed by atoms with E-state index < -0.39 is 16.1 Å². The Kier molecular flexibility index (Phi) is 6.75. The van der Waals surface area contributed by atoms with Gasteiger partial charge >= 0.3 is 0 Å². The Labute approximate surface area is 201 Å². The van der Waals surface area contributed by atoms with Crippen LogP contribution in [0.5, 0.6) is 0 Å². The number of carbonyl (C=O) groups is 1. The third-order valence-electron chi connectivity index (χ3n) is 7.61. The van der Waals surface area contributed by atoms with Gasteiger partial charge in [0, 0.05) is 30.2 Å². The van der Waals surface area contributed by atoms with Crippen molar-refractivity contribution in [3.63, 3.8) is 0 Å². The lowest BCUT2D eigenvalue weighted by molar-refractivity contribution is -0.136. The van der Waals surface area contributed by atoms with E-state index in [0.29, 0.717) is 30.1 Å². The molecule has 2 aliphatic rings. The van der Waals surface area contributed by atoms with Gasteiger partial charge in [0.05, 0.1) is 4.90 Å². The highest BCUT2D eigenvalue weighted by Gasteiger charge is 2.36. The van der Waals surface area contributed by atoms with E-state index in [1.807, 2.05) is 41.3 Å². The normalized spacial score (nSPS) is 21.8. The third kappa shape index (κ3) is 4.91. The number of hydrogen-bond donors (Lipinski definition) is 2. The first kappa shape index (κ1) is 23.1. The second-order valence-corrected chi connectivity index (χ2v) is 11.5. The smallest absolute Gasteiger partial charge is 0.241 e. The number of fused-ring (bicyclic) bond motifs is 2. The van der Waals surface area contributed by atoms with Crippen molar-refractivity contribution in [2.75, 3.05) is 13.1 Å². The maximum atomic E-state index is 13.7. The third-order valence-corrected chi connectivity index (χ3v) is 9.14. The van der Waals surface area contributed by atoms with Crippen LogP contribution in [0.4, 0.5) is 0 Å². The molecule has 2 fully saturated rings. The van der Waals surface area contributed by atoms with Gasteiger partial charge < -0.3 is 9.88 Å². The van der Waals surface area contributed by atoms with Crippen molar-refractivity contribution >= 4 is 26.8 Å². The Bertz CT molecular complexity index is 1240. The van der Waals surface area contributed by atoms with Crippen LogP contribution in [0.2, 0.25) is 0 Å². The molecular weight excluding hydrogens is 446 g/mol. The van der Waals surface area contributed by atoms with Gasteiger partial charge in [0.25, 0.3) is 0 Å². The summed E-state index contributed by atoms with van der Waals surface area (Å²) >= 11 is 0. The van der Waals surface area contributed by atoms with E-state index in [1.54, 1.807) is 24.4 Å². The van der Waals surface area contributed by atoms with Crippen LogP contribution < -0.4 is 4.72 Å². The maximum Gasteiger partial charge on any atom is 0.241 e. The zero-order valence-electron chi connectivity index (χ0n) is 19.4. The van der Waals surface area contributed by atoms with Gasteiger partial charge in [0.1, 0.15) is 6.04 Å². The lowest BCUT2D eigenvalue weighted by Crippen LogP contribution is -2.53. The minimum absolute atomic E-state index is 0.0928. The highest BCUT2D eigenvalue weighted by atomic mass is 32.2. The molecule has 0 radical (unpaired) electrons. The predicted molar refractivity (Wildman–Crippen MR) is 134 cm³/mol. The fourth-order valence-corrected chi connectivity index (χ4v) is 7.20. The van der Waals surface area contributed by atoms with Crippen molar-refractivity contribution < 1.29 is 13.2 Å². The number of piperidine rings is 1. The number of rotatable bonds is 7. The molecule has 2 aromatic carbocycles. The minimum atomic E-state index is -3.88. The van der Waals surface area contributed by atoms with Gasteiger partial charge in [-0.2, -0.15) is 4.72 Å². The number of amides is 1. The molecule has 0 spiro atoms. The van der Waals surface area contributed by atoms with Gasteiger partial charge in [-0.25, -0.2) is 8.42 Å². The molecule has 1 saturated heterocycles. The van der Waals surface area contributed by atoms with Crippen LogP contribution in [0.3, 0.4) is 0 Å². The molecule has 7 heteroatoms. The van der Waals surface area contributed by atoms with Crippen molar-refractivity contribution in [2.45, 2.75) is 55.9 Å². The Morgan fingerprint density at radius 1 is 1.00 bits per heavy atom. The molecule has 6 nitrogen and oxygen atoms in total. The second kappa shape index (κ2) is 9.92. The highest BCUT2D eigenvalue weighted by Crippen LogP contribution is 2.36. The number of nitrogens with zero attached hydrogens (tertiary/aromatic N) is 1. The molecule has 2 unspecified atom stereocenters. The zero-order valence-corrected chi connectivity index (χ0v) is 20.3. The number of benzene rings is 2. The number of hydrogen-bond acceptors (Lipinski definition) is 3. The molecule has 3 atom stereocenters. The second-order valence-electron chi connectivity index (χ2n) is 9.77. The van der Waals surface area contributed by atoms with E-state index in [1.165, 1.54) is 25.7 Å². The van der Waals surface area contributed by atoms with E-state index in [9.17, 15) is 13.2 Å². The van der Waals surface area contributed by atoms with E-state index in [4.69, 9.17) is 0 Å². The van der Waals surface area contributed by atoms with E-state index in [-0.39, 0.29) is 10.8 Å². The summed E-state index contributed by atoms with van der Waals surface area (Å²) in [6, 6.07) is 16.1. The van der Waals surface area contributed by atoms with Crippen molar-refractivity contribution in [1.82, 2.24) is 14.6 Å². The summed E-state index contributed by atoms with van der Waals surface area (Å²) < 4.78 is 29.8. The Morgan fingerprint density at radius 2 is 1.79 bits per heavy atom. The van der Waals surface area contributed by atoms with Crippen LogP contribution in [-0.4, -0.2) is 43.3 Å². The number of aromatic amines is 1. The maximum absolute atomic E-state index is 13.7. The van der Waals surface area contributed by atoms with Crippen LogP contribution in [0.1, 0.15) is 44.1 Å². The minimum Gasteiger partial charge on any atom is -0.361 e. The molecule has 180 valence electrons. The molecule has 2 heterocycles. The van der Waals surface area contributed by atoms with Crippen LogP contribution >= 0.6 is 0 Å². The largest absolute Gasteiger partial charge is 0.361 e. The molecule has 1 aliphatic heterocycles. The fourth-order valence-electron chi connectivity index (χ4n) is 5.75. The van der Waals surface area contributed by atoms with Gasteiger partial charge in [-0.05, 0) is 61.3 Å². The van der Waals surface area contributed by atoms with Gasteiger partial charge in [0.15, 0.2) is 0 Å². The van der Waals surface area contributed by atoms with E-state index in [0.717, 1.165) is 30.6 Å². The number of aryl methyl sites for hydroxylation is 1. The summed E-state index contributed by atoms with van der Waals surface area (Å²) in [5.41, 5.74) is 1.85. The molecule has 2 N–H and O–H groups in total. The molecule has 1 amide bonds. The first-order valence-electron chi connectivity index (χ1n) is 12.4. The number of aromatic nitrogens is 1. The first-order chi connectivity index (χ1) is 16.5. The van der Waals surface area contributed by atoms with Gasteiger partial charge in [-0.1, -0.05) is 55.7 Å². The van der Waals surface area contributed by atoms with Crippen LogP contribution in [0.15, 0.2) is 65.7 Å². The van der Waals surface area contributed by atoms with E-state index in [2.05, 4.69) is 9.71 Å². The van der Waals surface area contributed by atoms with Crippen molar-refractivity contribution in [1.29, 1.82) is 0 Å². The average Bonchev–Trinajstić information content (AvgIpc) is 3.35. The zero-order chi connectivity index (χ0) is 23.5. The lowest BCUT2D eigenvalue weighted by Gasteiger charge is -2.42. The Morgan fingerprint density at radius 3 is 2.62 bits per heavy atom. The van der Waals surface area contributed by atoms with Gasteiger partial charge in [-0.3, -0.25) is 4.79 Å². The first-order valence-corrected chi connectivity index (χ1v) is 13.9. The lowest BCUT2D eigenvalue weighted by atomic mass is 9.75. The molecule has 1 aromatic heterocycles. The van der Waals surface area contributed by atoms with Crippen molar-refractivity contribution in [2.24, 2.45) is 11.8 Å². The summed E-state index contributed by atoms with van der Waals surface area (Å²) in [4.78, 5) is 18.9. The number of likely N-dealkylation sites (tertiary alicyclic amines) is 1. The molecule has 5 rings (SSSR count). The predicted octanol–water partition coefficient (Wildman–Crippen LogP) is 4.49. The molecule has 1 aliphatic carbocycles. The quantitative estimate of drug-likeness (QED) is 0.524. The monoisotopic (exact) mass is 479 g/mol. The standard InChI is InChI=1S/C27H33N3O3S/c31-27(30-18-16-21-9-4-5-10-22(21)19-30)25(14-13-20-7-2-1-3-8-20)29-34(32,33)26-12-6-11-24-23(26)15-17-28-24/h1-3,6-8,11-12,15,17,21-22,25,28-29H,4-5,9-10,13-14,16,18-19H2/t21?,22?,25-/m0/s1. The Hall–Kier alpha value is -2.64. The number of carbonyl (C=O) groups excluding carboxylic acids is 1. The number of H-pyrrole nitrogens is 1. The summed E-state index contributed by atoms with van der Waals surface area (Å²) in [6.45, 7) is 1.47. The van der Waals surface area contributed by atoms with Crippen molar-refractivity contribution in [3.8, 4) is 0 Å². The SMILES string of the molecule is O=C([C@H](CCc1ccccc1)NS(=O)(=O)c1cccc2[nH]ccc12)N1CCC2CCCCC2C1. The van der Waals surface area contributed by atoms with E-state index >= 15 is 0 Å². The summed E-state index contributed by atoms with van der Waals surface area (Å²) in [5.74, 6) is 1.17. The van der Waals surface area contributed by atoms with Gasteiger partial charge in [-0.15, -0.1) is 0 Å². The molecule has 0 bridgehead atoms. The summed E-state index contributed by atoms with van der Waals surface area (Å²) in [6.07, 6.45) is 8.77. The molecular formula is C27H33N3O3S. The van der Waals surface area contributed by atoms with Gasteiger partial charge in [0.2, 0.25) is 15.9 Å². The molecule has 34 heavy (non-hydrogen) atoms. The van der Waals surface area contributed by atoms with Crippen LogP contribution in [-0.2, 0) is 21.2 Å². The average molecular weight is 480 g/mol. The highest BCUT2D eigenvalue weighted by molar-refractivity contribution is 7.89. The fraction of sp³-hybridized carbons (Fsp3) is 0.444. The summed E-state index contributed by atoms with van der Waals surface area (Å²) in [7, 11) is -3.88. The molecule has 1 saturated carbocycles. The number of nitrogens with one attached hydrogen (secondary N) is 2. The van der Waals surface area contributed by atoms with Crippen molar-refractivity contribution in [3.05, 3.63) is 66.4 Å². The molecule has 3 aromatic rings. The number of sulfonamides is 1. The topological polar surface area (TPSA) is 82.3 Å². The van der Waals surface area contributed by atoms with Crippen LogP contribution in [0.25, 0.3) is 10.9 Å². The summed E-state index contributed by atoms with van der Waals surface area (Å²) in [5, 5.41) is 0.632. The Balaban J connectivity index is 1.38.